The van der Waals surface area contributed by atoms with E-state index in [-0.39, 0.29) is 5.92 Å². The summed E-state index contributed by atoms with van der Waals surface area (Å²) in [6.07, 6.45) is -0.579. The van der Waals surface area contributed by atoms with E-state index in [0.29, 0.717) is 19.0 Å². The monoisotopic (exact) mass is 270 g/mol. The predicted octanol–water partition coefficient (Wildman–Crippen LogP) is 1.90. The Labute approximate surface area is 113 Å². The first kappa shape index (κ1) is 14.0. The Morgan fingerprint density at radius 1 is 1.42 bits per heavy atom. The molecule has 0 spiro atoms. The van der Waals surface area contributed by atoms with Crippen LogP contribution >= 0.6 is 0 Å². The summed E-state index contributed by atoms with van der Waals surface area (Å²) in [5.74, 6) is 0.621. The molecule has 0 bridgehead atoms. The van der Waals surface area contributed by atoms with Crippen LogP contribution in [0, 0.1) is 11.8 Å². The molecule has 1 aliphatic heterocycles. The van der Waals surface area contributed by atoms with Gasteiger partial charge in [-0.25, -0.2) is 9.59 Å². The Morgan fingerprint density at radius 2 is 2.05 bits per heavy atom. The van der Waals surface area contributed by atoms with Crippen LogP contribution in [0.2, 0.25) is 0 Å². The van der Waals surface area contributed by atoms with Gasteiger partial charge in [0.05, 0.1) is 5.54 Å². The second kappa shape index (κ2) is 4.28. The second-order valence-electron chi connectivity index (χ2n) is 6.73. The van der Waals surface area contributed by atoms with Gasteiger partial charge in [-0.3, -0.25) is 0 Å². The van der Waals surface area contributed by atoms with E-state index in [1.807, 2.05) is 20.8 Å². The summed E-state index contributed by atoms with van der Waals surface area (Å²) in [4.78, 5) is 24.3. The summed E-state index contributed by atoms with van der Waals surface area (Å²) in [5, 5.41) is 12.0. The maximum Gasteiger partial charge on any atom is 0.408 e. The van der Waals surface area contributed by atoms with E-state index in [2.05, 4.69) is 12.2 Å². The van der Waals surface area contributed by atoms with Gasteiger partial charge in [-0.05, 0) is 33.1 Å². The summed E-state index contributed by atoms with van der Waals surface area (Å²) in [5.41, 5.74) is -0.975. The number of alkyl carbamates (subject to hydrolysis) is 1. The van der Waals surface area contributed by atoms with Gasteiger partial charge in [0, 0.05) is 19.0 Å². The Balaban J connectivity index is 2.03. The number of rotatable bonds is 1. The van der Waals surface area contributed by atoms with Crippen LogP contribution in [0.1, 0.15) is 34.1 Å². The number of hydrogen-bond donors (Lipinski definition) is 2. The minimum Gasteiger partial charge on any atom is -0.465 e. The third-order valence-electron chi connectivity index (χ3n) is 3.99. The molecule has 2 fully saturated rings. The van der Waals surface area contributed by atoms with Crippen LogP contribution in [0.5, 0.6) is 0 Å². The Bertz CT molecular complexity index is 404. The number of fused-ring (bicyclic) bond motifs is 1. The molecule has 1 aliphatic carbocycles. The first-order valence-electron chi connectivity index (χ1n) is 6.62. The number of carbonyl (C=O) groups is 2. The zero-order valence-electron chi connectivity index (χ0n) is 11.9. The number of carboxylic acid groups (broad SMARTS) is 1. The SMILES string of the molecule is C[C@@H]1C[C@]2(NC(=O)OC(C)(C)C)CN(C(=O)O)C[C@H]12. The average Bonchev–Trinajstić information content (AvgIpc) is 2.48. The van der Waals surface area contributed by atoms with E-state index >= 15 is 0 Å². The van der Waals surface area contributed by atoms with Gasteiger partial charge in [0.25, 0.3) is 0 Å². The maximum absolute atomic E-state index is 11.9. The third-order valence-corrected chi connectivity index (χ3v) is 3.99. The number of carbonyl (C=O) groups excluding carboxylic acids is 1. The molecule has 108 valence electrons. The fraction of sp³-hybridized carbons (Fsp3) is 0.846. The molecule has 6 nitrogen and oxygen atoms in total. The molecule has 1 heterocycles. The fourth-order valence-corrected chi connectivity index (χ4v) is 3.27. The molecule has 2 aliphatic rings. The molecule has 3 atom stereocenters. The average molecular weight is 270 g/mol. The van der Waals surface area contributed by atoms with E-state index in [0.717, 1.165) is 6.42 Å². The van der Waals surface area contributed by atoms with E-state index in [1.165, 1.54) is 4.90 Å². The number of hydrogen-bond acceptors (Lipinski definition) is 3. The predicted molar refractivity (Wildman–Crippen MR) is 69.0 cm³/mol. The molecule has 0 aromatic rings. The van der Waals surface area contributed by atoms with E-state index < -0.39 is 23.3 Å². The fourth-order valence-electron chi connectivity index (χ4n) is 3.27. The summed E-state index contributed by atoms with van der Waals surface area (Å²) >= 11 is 0. The summed E-state index contributed by atoms with van der Waals surface area (Å²) < 4.78 is 5.26. The van der Waals surface area contributed by atoms with Gasteiger partial charge in [-0.2, -0.15) is 0 Å². The van der Waals surface area contributed by atoms with Crippen molar-refractivity contribution in [1.29, 1.82) is 0 Å². The molecule has 1 saturated carbocycles. The standard InChI is InChI=1S/C13H22N2O4/c1-8-5-13(14-10(16)19-12(2,3)4)7-15(11(17)18)6-9(8)13/h8-9H,5-7H2,1-4H3,(H,14,16)(H,17,18)/t8-,9-,13+/m1/s1. The van der Waals surface area contributed by atoms with Crippen molar-refractivity contribution in [2.75, 3.05) is 13.1 Å². The van der Waals surface area contributed by atoms with E-state index in [9.17, 15) is 9.59 Å². The summed E-state index contributed by atoms with van der Waals surface area (Å²) in [7, 11) is 0. The lowest BCUT2D eigenvalue weighted by Crippen LogP contribution is -2.64. The van der Waals surface area contributed by atoms with E-state index in [1.54, 1.807) is 0 Å². The van der Waals surface area contributed by atoms with Crippen LogP contribution in [0.15, 0.2) is 0 Å². The molecule has 0 unspecified atom stereocenters. The van der Waals surface area contributed by atoms with Crippen molar-refractivity contribution in [2.24, 2.45) is 11.8 Å². The van der Waals surface area contributed by atoms with Crippen LogP contribution < -0.4 is 5.32 Å². The largest absolute Gasteiger partial charge is 0.465 e. The highest BCUT2D eigenvalue weighted by Crippen LogP contribution is 2.48. The Morgan fingerprint density at radius 3 is 2.53 bits per heavy atom. The van der Waals surface area contributed by atoms with Crippen molar-refractivity contribution in [2.45, 2.75) is 45.3 Å². The van der Waals surface area contributed by atoms with Crippen molar-refractivity contribution < 1.29 is 19.4 Å². The van der Waals surface area contributed by atoms with Crippen LogP contribution in [0.3, 0.4) is 0 Å². The van der Waals surface area contributed by atoms with Crippen molar-refractivity contribution >= 4 is 12.2 Å². The van der Waals surface area contributed by atoms with Crippen molar-refractivity contribution in [1.82, 2.24) is 10.2 Å². The highest BCUT2D eigenvalue weighted by Gasteiger charge is 2.59. The van der Waals surface area contributed by atoms with Gasteiger partial charge < -0.3 is 20.1 Å². The van der Waals surface area contributed by atoms with Gasteiger partial charge in [0.1, 0.15) is 5.60 Å². The molecule has 2 rings (SSSR count). The molecule has 19 heavy (non-hydrogen) atoms. The minimum absolute atomic E-state index is 0.191. The maximum atomic E-state index is 11.9. The lowest BCUT2D eigenvalue weighted by atomic mass is 9.62. The number of likely N-dealkylation sites (tertiary alicyclic amines) is 1. The van der Waals surface area contributed by atoms with Crippen molar-refractivity contribution in [3.63, 3.8) is 0 Å². The zero-order chi connectivity index (χ0) is 14.4. The van der Waals surface area contributed by atoms with Gasteiger partial charge in [-0.1, -0.05) is 6.92 Å². The van der Waals surface area contributed by atoms with E-state index in [4.69, 9.17) is 9.84 Å². The number of nitrogens with zero attached hydrogens (tertiary/aromatic N) is 1. The summed E-state index contributed by atoms with van der Waals surface area (Å²) in [6.45, 7) is 8.36. The van der Waals surface area contributed by atoms with Crippen LogP contribution in [-0.4, -0.2) is 46.4 Å². The number of nitrogens with one attached hydrogen (secondary N) is 1. The normalized spacial score (nSPS) is 33.4. The molecular weight excluding hydrogens is 248 g/mol. The molecule has 2 N–H and O–H groups in total. The topological polar surface area (TPSA) is 78.9 Å². The molecule has 0 radical (unpaired) electrons. The van der Waals surface area contributed by atoms with Crippen LogP contribution in [0.25, 0.3) is 0 Å². The molecule has 1 saturated heterocycles. The number of amides is 2. The summed E-state index contributed by atoms with van der Waals surface area (Å²) in [6, 6.07) is 0. The molecule has 6 heteroatoms. The first-order valence-corrected chi connectivity index (χ1v) is 6.62. The highest BCUT2D eigenvalue weighted by atomic mass is 16.6. The molecule has 0 aromatic carbocycles. The van der Waals surface area contributed by atoms with Gasteiger partial charge >= 0.3 is 12.2 Å². The number of ether oxygens (including phenoxy) is 1. The molecule has 2 amide bonds. The molecular formula is C13H22N2O4. The van der Waals surface area contributed by atoms with Crippen molar-refractivity contribution in [3.05, 3.63) is 0 Å². The smallest absolute Gasteiger partial charge is 0.408 e. The zero-order valence-corrected chi connectivity index (χ0v) is 11.9. The Kier molecular flexibility index (Phi) is 3.15. The van der Waals surface area contributed by atoms with Crippen LogP contribution in [-0.2, 0) is 4.74 Å². The quantitative estimate of drug-likeness (QED) is 0.762. The van der Waals surface area contributed by atoms with Crippen LogP contribution in [0.4, 0.5) is 9.59 Å². The Hall–Kier alpha value is -1.46. The van der Waals surface area contributed by atoms with Gasteiger partial charge in [0.15, 0.2) is 0 Å². The lowest BCUT2D eigenvalue weighted by Gasteiger charge is -2.49. The second-order valence-corrected chi connectivity index (χ2v) is 6.73. The highest BCUT2D eigenvalue weighted by molar-refractivity contribution is 5.71. The lowest BCUT2D eigenvalue weighted by molar-refractivity contribution is 0.0173. The van der Waals surface area contributed by atoms with Crippen molar-refractivity contribution in [3.8, 4) is 0 Å². The third kappa shape index (κ3) is 2.62. The van der Waals surface area contributed by atoms with Gasteiger partial charge in [-0.15, -0.1) is 0 Å². The first-order chi connectivity index (χ1) is 8.63. The molecule has 0 aromatic heterocycles. The minimum atomic E-state index is -0.924. The van der Waals surface area contributed by atoms with Gasteiger partial charge in [0.2, 0.25) is 0 Å².